The molecule has 3 heterocycles. The third kappa shape index (κ3) is 3.07. The van der Waals surface area contributed by atoms with Crippen molar-refractivity contribution in [2.24, 2.45) is 0 Å². The summed E-state index contributed by atoms with van der Waals surface area (Å²) in [4.78, 5) is 14.2. The van der Waals surface area contributed by atoms with E-state index in [1.165, 1.54) is 6.07 Å². The molecule has 0 saturated heterocycles. The first-order valence-corrected chi connectivity index (χ1v) is 10.1. The molecule has 148 valence electrons. The highest BCUT2D eigenvalue weighted by molar-refractivity contribution is 6.31. The molecule has 1 N–H and O–H groups in total. The maximum atomic E-state index is 14.1. The number of benzene rings is 2. The Bertz CT molecular complexity index is 1310. The number of nitrogens with zero attached hydrogens (tertiary/aromatic N) is 4. The van der Waals surface area contributed by atoms with E-state index >= 15 is 0 Å². The van der Waals surface area contributed by atoms with Crippen molar-refractivity contribution in [3.05, 3.63) is 87.0 Å². The summed E-state index contributed by atoms with van der Waals surface area (Å²) in [7, 11) is 0. The molecule has 0 spiro atoms. The summed E-state index contributed by atoms with van der Waals surface area (Å²) in [6, 6.07) is 14.0. The maximum absolute atomic E-state index is 14.1. The molecule has 0 bridgehead atoms. The number of halogens is 3. The fourth-order valence-electron chi connectivity index (χ4n) is 4.05. The summed E-state index contributed by atoms with van der Waals surface area (Å²) in [6.45, 7) is 0.639. The fraction of sp³-hybridized carbons (Fsp3) is 0.136. The molecule has 5 rings (SSSR count). The first-order chi connectivity index (χ1) is 14.5. The Morgan fingerprint density at radius 1 is 1.17 bits per heavy atom. The Morgan fingerprint density at radius 2 is 1.97 bits per heavy atom. The van der Waals surface area contributed by atoms with Crippen molar-refractivity contribution < 1.29 is 4.39 Å². The van der Waals surface area contributed by atoms with E-state index in [1.807, 2.05) is 12.1 Å². The van der Waals surface area contributed by atoms with Crippen molar-refractivity contribution in [1.82, 2.24) is 15.0 Å². The average molecular weight is 438 g/mol. The Morgan fingerprint density at radius 3 is 2.70 bits per heavy atom. The molecule has 0 aliphatic carbocycles. The first-order valence-electron chi connectivity index (χ1n) is 9.30. The molecule has 2 aromatic carbocycles. The molecule has 1 unspecified atom stereocenters. The summed E-state index contributed by atoms with van der Waals surface area (Å²) in [5.41, 5.74) is 4.22. The molecule has 2 aromatic heterocycles. The van der Waals surface area contributed by atoms with Gasteiger partial charge in [0.25, 0.3) is 0 Å². The molecule has 5 nitrogen and oxygen atoms in total. The minimum Gasteiger partial charge on any atom is -0.356 e. The van der Waals surface area contributed by atoms with E-state index in [2.05, 4.69) is 25.9 Å². The highest BCUT2D eigenvalue weighted by atomic mass is 35.5. The normalized spacial score (nSPS) is 15.8. The van der Waals surface area contributed by atoms with Crippen LogP contribution in [0.15, 0.2) is 48.7 Å². The van der Waals surface area contributed by atoms with Gasteiger partial charge in [-0.25, -0.2) is 14.4 Å². The molecule has 0 fully saturated rings. The smallest absolute Gasteiger partial charge is 0.227 e. The summed E-state index contributed by atoms with van der Waals surface area (Å²) in [5.74, 6) is 0.0399. The number of rotatable bonds is 2. The van der Waals surface area contributed by atoms with Crippen molar-refractivity contribution in [1.29, 1.82) is 5.26 Å². The molecular weight excluding hydrogens is 424 g/mol. The lowest BCUT2D eigenvalue weighted by atomic mass is 9.92. The van der Waals surface area contributed by atoms with Gasteiger partial charge >= 0.3 is 0 Å². The number of H-pyrrole nitrogens is 1. The molecule has 4 aromatic rings. The Kier molecular flexibility index (Phi) is 4.58. The topological polar surface area (TPSA) is 68.6 Å². The molecular formula is C22H14Cl2FN5. The van der Waals surface area contributed by atoms with Crippen molar-refractivity contribution in [3.8, 4) is 6.07 Å². The number of fused-ring (bicyclic) bond motifs is 3. The minimum absolute atomic E-state index is 0.0971. The standard InChI is InChI=1S/C22H14Cl2FN5/c23-16-9-15-14-6-8-30(22-27-7-5-19(24)29-22)21(13-3-1-12(11-26)2-4-13)20(14)28-18(15)10-17(16)25/h1-5,7,9-10,21,28H,6,8H2. The molecule has 8 heteroatoms. The number of hydrogen-bond acceptors (Lipinski definition) is 4. The predicted octanol–water partition coefficient (Wildman–Crippen LogP) is 5.43. The zero-order valence-electron chi connectivity index (χ0n) is 15.5. The van der Waals surface area contributed by atoms with Crippen molar-refractivity contribution in [2.75, 3.05) is 11.4 Å². The summed E-state index contributed by atoms with van der Waals surface area (Å²) in [6.07, 6.45) is 2.33. The fourth-order valence-corrected chi connectivity index (χ4v) is 4.35. The van der Waals surface area contributed by atoms with E-state index in [9.17, 15) is 4.39 Å². The van der Waals surface area contributed by atoms with Crippen molar-refractivity contribution in [3.63, 3.8) is 0 Å². The SMILES string of the molecule is N#Cc1ccc(C2c3[nH]c4cc(F)c(Cl)cc4c3CCN2c2nccc(Cl)n2)cc1. The zero-order chi connectivity index (χ0) is 20.8. The number of hydrogen-bond donors (Lipinski definition) is 1. The van der Waals surface area contributed by atoms with E-state index in [-0.39, 0.29) is 11.1 Å². The van der Waals surface area contributed by atoms with Gasteiger partial charge in [0.15, 0.2) is 0 Å². The molecule has 30 heavy (non-hydrogen) atoms. The van der Waals surface area contributed by atoms with Crippen LogP contribution in [0, 0.1) is 17.1 Å². The highest BCUT2D eigenvalue weighted by Crippen LogP contribution is 2.40. The second-order valence-corrected chi connectivity index (χ2v) is 7.88. The van der Waals surface area contributed by atoms with Crippen LogP contribution in [-0.2, 0) is 6.42 Å². The van der Waals surface area contributed by atoms with Crippen LogP contribution < -0.4 is 4.90 Å². The van der Waals surface area contributed by atoms with Gasteiger partial charge in [-0.3, -0.25) is 0 Å². The van der Waals surface area contributed by atoms with Gasteiger partial charge in [-0.15, -0.1) is 0 Å². The average Bonchev–Trinajstić information content (AvgIpc) is 3.10. The van der Waals surface area contributed by atoms with E-state index in [0.29, 0.717) is 35.1 Å². The van der Waals surface area contributed by atoms with Crippen molar-refractivity contribution >= 4 is 40.1 Å². The largest absolute Gasteiger partial charge is 0.356 e. The lowest BCUT2D eigenvalue weighted by molar-refractivity contribution is 0.626. The summed E-state index contributed by atoms with van der Waals surface area (Å²) < 4.78 is 14.1. The molecule has 0 saturated carbocycles. The number of aromatic nitrogens is 3. The Hall–Kier alpha value is -3.14. The van der Waals surface area contributed by atoms with Gasteiger partial charge in [-0.1, -0.05) is 35.3 Å². The summed E-state index contributed by atoms with van der Waals surface area (Å²) >= 11 is 12.2. The van der Waals surface area contributed by atoms with Crippen LogP contribution in [0.5, 0.6) is 0 Å². The number of aromatic amines is 1. The lowest BCUT2D eigenvalue weighted by Crippen LogP contribution is -2.37. The molecule has 1 aliphatic rings. The van der Waals surface area contributed by atoms with Crippen LogP contribution in [-0.4, -0.2) is 21.5 Å². The van der Waals surface area contributed by atoms with Gasteiger partial charge in [0, 0.05) is 29.3 Å². The Balaban J connectivity index is 1.72. The second-order valence-electron chi connectivity index (χ2n) is 7.09. The summed E-state index contributed by atoms with van der Waals surface area (Å²) in [5, 5.41) is 10.5. The van der Waals surface area contributed by atoms with Gasteiger partial charge in [0.05, 0.1) is 22.7 Å². The third-order valence-electron chi connectivity index (χ3n) is 5.39. The van der Waals surface area contributed by atoms with Crippen LogP contribution in [0.2, 0.25) is 10.2 Å². The molecule has 1 atom stereocenters. The van der Waals surface area contributed by atoms with Gasteiger partial charge in [0.1, 0.15) is 11.0 Å². The van der Waals surface area contributed by atoms with Crippen LogP contribution in [0.4, 0.5) is 10.3 Å². The van der Waals surface area contributed by atoms with Crippen LogP contribution in [0.1, 0.15) is 28.4 Å². The number of anilines is 1. The quantitative estimate of drug-likeness (QED) is 0.424. The maximum Gasteiger partial charge on any atom is 0.227 e. The predicted molar refractivity (Wildman–Crippen MR) is 114 cm³/mol. The number of nitrogens with one attached hydrogen (secondary N) is 1. The lowest BCUT2D eigenvalue weighted by Gasteiger charge is -2.36. The van der Waals surface area contributed by atoms with Gasteiger partial charge in [0.2, 0.25) is 5.95 Å². The third-order valence-corrected chi connectivity index (χ3v) is 5.89. The van der Waals surface area contributed by atoms with Gasteiger partial charge in [-0.05, 0) is 47.9 Å². The van der Waals surface area contributed by atoms with Crippen LogP contribution in [0.3, 0.4) is 0 Å². The van der Waals surface area contributed by atoms with E-state index in [1.54, 1.807) is 30.5 Å². The molecule has 1 aliphatic heterocycles. The number of nitriles is 1. The Labute approximate surface area is 181 Å². The molecule has 0 amide bonds. The van der Waals surface area contributed by atoms with Crippen molar-refractivity contribution in [2.45, 2.75) is 12.5 Å². The minimum atomic E-state index is -0.465. The first kappa shape index (κ1) is 18.9. The van der Waals surface area contributed by atoms with Gasteiger partial charge in [-0.2, -0.15) is 5.26 Å². The van der Waals surface area contributed by atoms with E-state index in [4.69, 9.17) is 28.5 Å². The van der Waals surface area contributed by atoms with Crippen LogP contribution in [0.25, 0.3) is 10.9 Å². The molecule has 0 radical (unpaired) electrons. The monoisotopic (exact) mass is 437 g/mol. The highest BCUT2D eigenvalue weighted by Gasteiger charge is 2.33. The van der Waals surface area contributed by atoms with E-state index in [0.717, 1.165) is 22.2 Å². The van der Waals surface area contributed by atoms with E-state index < -0.39 is 5.82 Å². The van der Waals surface area contributed by atoms with Crippen LogP contribution >= 0.6 is 23.2 Å². The second kappa shape index (κ2) is 7.28. The van der Waals surface area contributed by atoms with Gasteiger partial charge < -0.3 is 9.88 Å². The zero-order valence-corrected chi connectivity index (χ0v) is 17.0.